The van der Waals surface area contributed by atoms with Gasteiger partial charge in [0.05, 0.1) is 7.11 Å². The lowest BCUT2D eigenvalue weighted by Crippen LogP contribution is -2.03. The molecule has 0 aliphatic carbocycles. The predicted molar refractivity (Wildman–Crippen MR) is 83.8 cm³/mol. The summed E-state index contributed by atoms with van der Waals surface area (Å²) >= 11 is 0. The second kappa shape index (κ2) is 6.59. The Hall–Kier alpha value is -3.06. The highest BCUT2D eigenvalue weighted by Crippen LogP contribution is 2.21. The number of hydrogen-bond acceptors (Lipinski definition) is 4. The zero-order chi connectivity index (χ0) is 16.1. The molecule has 0 radical (unpaired) electrons. The van der Waals surface area contributed by atoms with E-state index in [9.17, 15) is 15.2 Å². The summed E-state index contributed by atoms with van der Waals surface area (Å²) in [5.41, 5.74) is 1.98. The molecule has 2 aromatic rings. The topological polar surface area (TPSA) is 70.3 Å². The van der Waals surface area contributed by atoms with Crippen LogP contribution in [0.2, 0.25) is 0 Å². The van der Waals surface area contributed by atoms with Crippen LogP contribution in [0.4, 0.5) is 0 Å². The number of Topliss-reactive ketones (excluding diaryl/α,β-unsaturated/α-hetero) is 1. The largest absolute Gasteiger partial charge is 0.508 e. The minimum Gasteiger partial charge on any atom is -0.508 e. The summed E-state index contributed by atoms with van der Waals surface area (Å²) in [5.74, 6) is 0.478. The Morgan fingerprint density at radius 1 is 1.23 bits per heavy atom. The number of phenolic OH excluding ortho intramolecular Hbond substituents is 1. The van der Waals surface area contributed by atoms with E-state index in [4.69, 9.17) is 4.74 Å². The number of allylic oxidation sites excluding steroid dienone is 1. The maximum absolute atomic E-state index is 12.4. The molecule has 2 rings (SSSR count). The molecule has 0 bridgehead atoms. The van der Waals surface area contributed by atoms with Gasteiger partial charge in [0.15, 0.2) is 0 Å². The van der Waals surface area contributed by atoms with E-state index < -0.39 is 0 Å². The highest BCUT2D eigenvalue weighted by molar-refractivity contribution is 6.14. The molecule has 0 saturated heterocycles. The summed E-state index contributed by atoms with van der Waals surface area (Å²) in [5, 5.41) is 18.5. The van der Waals surface area contributed by atoms with E-state index in [0.717, 1.165) is 5.56 Å². The van der Waals surface area contributed by atoms with E-state index >= 15 is 0 Å². The lowest BCUT2D eigenvalue weighted by Gasteiger charge is -2.06. The quantitative estimate of drug-likeness (QED) is 0.532. The van der Waals surface area contributed by atoms with Crippen LogP contribution in [0.25, 0.3) is 6.08 Å². The Bertz CT molecular complexity index is 768. The molecule has 4 heteroatoms. The van der Waals surface area contributed by atoms with Gasteiger partial charge in [-0.25, -0.2) is 0 Å². The fraction of sp³-hybridized carbons (Fsp3) is 0.111. The van der Waals surface area contributed by atoms with Gasteiger partial charge in [0.2, 0.25) is 5.78 Å². The average molecular weight is 293 g/mol. The first kappa shape index (κ1) is 15.3. The number of aromatic hydroxyl groups is 1. The summed E-state index contributed by atoms with van der Waals surface area (Å²) in [6.07, 6.45) is 1.50. The molecule has 0 aromatic heterocycles. The van der Waals surface area contributed by atoms with Gasteiger partial charge in [0.25, 0.3) is 0 Å². The Morgan fingerprint density at radius 3 is 2.45 bits per heavy atom. The molecule has 0 fully saturated rings. The molecule has 0 unspecified atom stereocenters. The zero-order valence-corrected chi connectivity index (χ0v) is 12.3. The van der Waals surface area contributed by atoms with Crippen LogP contribution in [0.1, 0.15) is 21.5 Å². The number of nitrogens with zero attached hydrogens (tertiary/aromatic N) is 1. The number of rotatable bonds is 4. The van der Waals surface area contributed by atoms with Crippen LogP contribution in [0, 0.1) is 18.3 Å². The van der Waals surface area contributed by atoms with Crippen molar-refractivity contribution in [2.24, 2.45) is 0 Å². The van der Waals surface area contributed by atoms with Gasteiger partial charge in [-0.3, -0.25) is 4.79 Å². The molecular weight excluding hydrogens is 278 g/mol. The first-order valence-corrected chi connectivity index (χ1v) is 6.65. The van der Waals surface area contributed by atoms with Gasteiger partial charge in [-0.1, -0.05) is 12.1 Å². The second-order valence-corrected chi connectivity index (χ2v) is 4.77. The number of ether oxygens (including phenoxy) is 1. The van der Waals surface area contributed by atoms with E-state index in [1.807, 2.05) is 13.0 Å². The summed E-state index contributed by atoms with van der Waals surface area (Å²) in [6, 6.07) is 13.3. The number of ketones is 1. The van der Waals surface area contributed by atoms with Crippen LogP contribution in [0.5, 0.6) is 11.5 Å². The Kier molecular flexibility index (Phi) is 4.60. The van der Waals surface area contributed by atoms with Crippen molar-refractivity contribution in [2.75, 3.05) is 7.11 Å². The second-order valence-electron chi connectivity index (χ2n) is 4.77. The number of carbonyl (C=O) groups is 1. The van der Waals surface area contributed by atoms with Gasteiger partial charge in [0.1, 0.15) is 23.1 Å². The lowest BCUT2D eigenvalue weighted by atomic mass is 10.00. The number of phenols is 1. The van der Waals surface area contributed by atoms with Crippen molar-refractivity contribution in [3.63, 3.8) is 0 Å². The van der Waals surface area contributed by atoms with Crippen LogP contribution < -0.4 is 4.74 Å². The molecule has 110 valence electrons. The van der Waals surface area contributed by atoms with Crippen molar-refractivity contribution >= 4 is 11.9 Å². The maximum Gasteiger partial charge on any atom is 0.203 e. The highest BCUT2D eigenvalue weighted by atomic mass is 16.5. The number of carbonyl (C=O) groups excluding carboxylic acids is 1. The smallest absolute Gasteiger partial charge is 0.203 e. The third-order valence-electron chi connectivity index (χ3n) is 3.23. The minimum atomic E-state index is -0.346. The minimum absolute atomic E-state index is 0.0373. The van der Waals surface area contributed by atoms with Gasteiger partial charge >= 0.3 is 0 Å². The molecule has 0 atom stereocenters. The Labute approximate surface area is 128 Å². The third kappa shape index (κ3) is 3.33. The van der Waals surface area contributed by atoms with Gasteiger partial charge in [-0.2, -0.15) is 5.26 Å². The fourth-order valence-electron chi connectivity index (χ4n) is 2.06. The van der Waals surface area contributed by atoms with Gasteiger partial charge in [-0.15, -0.1) is 0 Å². The lowest BCUT2D eigenvalue weighted by molar-refractivity contribution is 0.104. The summed E-state index contributed by atoms with van der Waals surface area (Å²) in [4.78, 5) is 12.4. The van der Waals surface area contributed by atoms with Crippen molar-refractivity contribution in [1.82, 2.24) is 0 Å². The van der Waals surface area contributed by atoms with Gasteiger partial charge < -0.3 is 9.84 Å². The Morgan fingerprint density at radius 2 is 1.91 bits per heavy atom. The normalized spacial score (nSPS) is 10.9. The molecule has 0 aliphatic rings. The Balaban J connectivity index is 2.35. The number of methoxy groups -OCH3 is 1. The number of benzene rings is 2. The summed E-state index contributed by atoms with van der Waals surface area (Å²) in [7, 11) is 1.56. The summed E-state index contributed by atoms with van der Waals surface area (Å²) in [6.45, 7) is 1.84. The van der Waals surface area contributed by atoms with Crippen LogP contribution in [0.15, 0.2) is 48.0 Å². The summed E-state index contributed by atoms with van der Waals surface area (Å²) < 4.78 is 5.16. The molecule has 2 aromatic carbocycles. The molecule has 1 N–H and O–H groups in total. The molecule has 0 aliphatic heterocycles. The molecule has 0 spiro atoms. The van der Waals surface area contributed by atoms with Crippen LogP contribution in [-0.2, 0) is 0 Å². The molecule has 0 amide bonds. The molecule has 22 heavy (non-hydrogen) atoms. The highest BCUT2D eigenvalue weighted by Gasteiger charge is 2.13. The first-order valence-electron chi connectivity index (χ1n) is 6.65. The van der Waals surface area contributed by atoms with Crippen LogP contribution in [-0.4, -0.2) is 18.0 Å². The van der Waals surface area contributed by atoms with Gasteiger partial charge in [0, 0.05) is 5.56 Å². The van der Waals surface area contributed by atoms with Crippen molar-refractivity contribution < 1.29 is 14.6 Å². The fourth-order valence-corrected chi connectivity index (χ4v) is 2.06. The standard InChI is InChI=1S/C18H15NO3/c1-12-9-14(5-8-17(12)22-2)18(21)15(11-19)10-13-3-6-16(20)7-4-13/h3-10,20H,1-2H3. The number of nitriles is 1. The number of aryl methyl sites for hydroxylation is 1. The van der Waals surface area contributed by atoms with E-state index in [0.29, 0.717) is 16.9 Å². The van der Waals surface area contributed by atoms with E-state index in [2.05, 4.69) is 0 Å². The van der Waals surface area contributed by atoms with Crippen molar-refractivity contribution in [3.8, 4) is 17.6 Å². The number of hydrogen-bond donors (Lipinski definition) is 1. The maximum atomic E-state index is 12.4. The van der Waals surface area contributed by atoms with E-state index in [1.165, 1.54) is 18.2 Å². The first-order chi connectivity index (χ1) is 10.5. The predicted octanol–water partition coefficient (Wildman–Crippen LogP) is 3.50. The molecule has 0 heterocycles. The van der Waals surface area contributed by atoms with Crippen LogP contribution >= 0.6 is 0 Å². The van der Waals surface area contributed by atoms with Crippen molar-refractivity contribution in [2.45, 2.75) is 6.92 Å². The van der Waals surface area contributed by atoms with Crippen molar-refractivity contribution in [3.05, 3.63) is 64.7 Å². The van der Waals surface area contributed by atoms with Gasteiger partial charge in [-0.05, 0) is 54.5 Å². The molecule has 4 nitrogen and oxygen atoms in total. The molecular formula is C18H15NO3. The SMILES string of the molecule is COc1ccc(C(=O)C(C#N)=Cc2ccc(O)cc2)cc1C. The van der Waals surface area contributed by atoms with Crippen molar-refractivity contribution in [1.29, 1.82) is 5.26 Å². The third-order valence-corrected chi connectivity index (χ3v) is 3.23. The van der Waals surface area contributed by atoms with E-state index in [-0.39, 0.29) is 17.1 Å². The average Bonchev–Trinajstić information content (AvgIpc) is 2.53. The zero-order valence-electron chi connectivity index (χ0n) is 12.3. The molecule has 0 saturated carbocycles. The van der Waals surface area contributed by atoms with Crippen LogP contribution in [0.3, 0.4) is 0 Å². The monoisotopic (exact) mass is 293 g/mol. The van der Waals surface area contributed by atoms with E-state index in [1.54, 1.807) is 37.4 Å².